The molecule has 0 radical (unpaired) electrons. The minimum atomic E-state index is -1.80. The van der Waals surface area contributed by atoms with Crippen molar-refractivity contribution in [1.82, 2.24) is 0 Å². The molecule has 5 heteroatoms. The normalized spacial score (nSPS) is 14.0. The highest BCUT2D eigenvalue weighted by Gasteiger charge is 2.21. The highest BCUT2D eigenvalue weighted by atomic mass is 35.5. The largest absolute Gasteiger partial charge is 0.481 e. The summed E-state index contributed by atoms with van der Waals surface area (Å²) in [6, 6.07) is 5.21. The molecule has 0 saturated heterocycles. The molecule has 2 rings (SSSR count). The Hall–Kier alpha value is -1.71. The molecular weight excluding hydrogens is 345 g/mol. The Kier molecular flexibility index (Phi) is 5.02. The van der Waals surface area contributed by atoms with Gasteiger partial charge in [-0.1, -0.05) is 41.4 Å². The van der Waals surface area contributed by atoms with Gasteiger partial charge in [0.2, 0.25) is 0 Å². The number of hydrogen-bond donors (Lipinski definition) is 2. The van der Waals surface area contributed by atoms with Gasteiger partial charge in [0.25, 0.3) is 0 Å². The van der Waals surface area contributed by atoms with E-state index in [2.05, 4.69) is 5.32 Å². The zero-order valence-electron chi connectivity index (χ0n) is 15.3. The number of anilines is 2. The van der Waals surface area contributed by atoms with Crippen molar-refractivity contribution >= 4 is 40.5 Å². The maximum Gasteiger partial charge on any atom is 0.310 e. The number of benzene rings is 2. The SMILES string of the molecule is [2H]C(C)(C(=O)O)c1cccc(C)c1Nc1c(Cl)c(C)c(C)c(C)c1Cl. The number of carbonyl (C=O) groups is 1. The number of halogens is 2. The van der Waals surface area contributed by atoms with Crippen molar-refractivity contribution in [2.45, 2.75) is 40.5 Å². The van der Waals surface area contributed by atoms with Crippen LogP contribution in [0.4, 0.5) is 11.4 Å². The van der Waals surface area contributed by atoms with Crippen LogP contribution in [-0.2, 0) is 4.79 Å². The molecule has 0 amide bonds. The number of para-hydroxylation sites is 1. The Bertz CT molecular complexity index is 834. The predicted octanol–water partition coefficient (Wildman–Crippen LogP) is 6.16. The third-order valence-corrected chi connectivity index (χ3v) is 5.41. The molecule has 2 aromatic rings. The van der Waals surface area contributed by atoms with Crippen LogP contribution < -0.4 is 5.32 Å². The zero-order chi connectivity index (χ0) is 19.1. The number of carboxylic acid groups (broad SMARTS) is 1. The summed E-state index contributed by atoms with van der Waals surface area (Å²) < 4.78 is 8.25. The van der Waals surface area contributed by atoms with Crippen LogP contribution in [0.15, 0.2) is 18.2 Å². The summed E-state index contributed by atoms with van der Waals surface area (Å²) in [6.45, 7) is 8.98. The molecule has 128 valence electrons. The van der Waals surface area contributed by atoms with Gasteiger partial charge >= 0.3 is 5.97 Å². The highest BCUT2D eigenvalue weighted by Crippen LogP contribution is 2.41. The monoisotopic (exact) mass is 366 g/mol. The lowest BCUT2D eigenvalue weighted by Gasteiger charge is -2.21. The fraction of sp³-hybridized carbons (Fsp3) is 0.316. The van der Waals surface area contributed by atoms with Gasteiger partial charge in [-0.2, -0.15) is 0 Å². The van der Waals surface area contributed by atoms with E-state index in [4.69, 9.17) is 24.6 Å². The summed E-state index contributed by atoms with van der Waals surface area (Å²) in [5.41, 5.74) is 5.06. The van der Waals surface area contributed by atoms with Crippen molar-refractivity contribution in [3.8, 4) is 0 Å². The Morgan fingerprint density at radius 3 is 2.12 bits per heavy atom. The van der Waals surface area contributed by atoms with Gasteiger partial charge < -0.3 is 10.4 Å². The minimum absolute atomic E-state index is 0.350. The van der Waals surface area contributed by atoms with Crippen LogP contribution in [0.3, 0.4) is 0 Å². The van der Waals surface area contributed by atoms with Gasteiger partial charge in [0, 0.05) is 7.06 Å². The molecule has 0 aromatic heterocycles. The molecule has 1 unspecified atom stereocenters. The lowest BCUT2D eigenvalue weighted by molar-refractivity contribution is -0.138. The van der Waals surface area contributed by atoms with E-state index in [0.717, 1.165) is 22.3 Å². The van der Waals surface area contributed by atoms with E-state index in [1.165, 1.54) is 6.92 Å². The number of aliphatic carboxylic acids is 1. The van der Waals surface area contributed by atoms with Gasteiger partial charge in [0.1, 0.15) is 0 Å². The van der Waals surface area contributed by atoms with Crippen molar-refractivity contribution in [2.75, 3.05) is 5.32 Å². The second-order valence-corrected chi connectivity index (χ2v) is 6.69. The standard InChI is InChI=1S/C19H21Cl2NO2/c1-9-7-6-8-14(13(5)19(23)24)17(9)22-18-15(20)11(3)10(2)12(4)16(18)21/h6-8,13,22H,1-5H3,(H,23,24)/i13D. The van der Waals surface area contributed by atoms with E-state index >= 15 is 0 Å². The Balaban J connectivity index is 2.70. The first-order valence-corrected chi connectivity index (χ1v) is 8.31. The Morgan fingerprint density at radius 2 is 1.62 bits per heavy atom. The van der Waals surface area contributed by atoms with Crippen LogP contribution in [0.1, 0.15) is 42.0 Å². The minimum Gasteiger partial charge on any atom is -0.481 e. The number of rotatable bonds is 4. The highest BCUT2D eigenvalue weighted by molar-refractivity contribution is 6.40. The van der Waals surface area contributed by atoms with Crippen LogP contribution >= 0.6 is 23.2 Å². The van der Waals surface area contributed by atoms with Crippen LogP contribution in [0, 0.1) is 27.7 Å². The fourth-order valence-electron chi connectivity index (χ4n) is 2.58. The van der Waals surface area contributed by atoms with Gasteiger partial charge in [-0.25, -0.2) is 0 Å². The van der Waals surface area contributed by atoms with E-state index in [9.17, 15) is 9.90 Å². The smallest absolute Gasteiger partial charge is 0.310 e. The van der Waals surface area contributed by atoms with E-state index in [1.54, 1.807) is 12.1 Å². The molecule has 0 saturated carbocycles. The first-order chi connectivity index (χ1) is 11.5. The Labute approximate surface area is 154 Å². The van der Waals surface area contributed by atoms with Gasteiger partial charge in [0.05, 0.1) is 21.6 Å². The number of hydrogen-bond acceptors (Lipinski definition) is 2. The molecule has 0 aliphatic heterocycles. The van der Waals surface area contributed by atoms with Crippen molar-refractivity contribution in [3.05, 3.63) is 56.1 Å². The van der Waals surface area contributed by atoms with Crippen molar-refractivity contribution < 1.29 is 11.3 Å². The van der Waals surface area contributed by atoms with Crippen LogP contribution in [0.2, 0.25) is 10.0 Å². The number of nitrogens with one attached hydrogen (secondary N) is 1. The van der Waals surface area contributed by atoms with Crippen molar-refractivity contribution in [1.29, 1.82) is 0 Å². The maximum atomic E-state index is 11.6. The average molecular weight is 367 g/mol. The zero-order valence-corrected chi connectivity index (χ0v) is 15.9. The van der Waals surface area contributed by atoms with Crippen LogP contribution in [0.25, 0.3) is 0 Å². The summed E-state index contributed by atoms with van der Waals surface area (Å²) in [6.07, 6.45) is 0. The van der Waals surface area contributed by atoms with E-state index in [0.29, 0.717) is 27.0 Å². The average Bonchev–Trinajstić information content (AvgIpc) is 2.56. The molecule has 0 spiro atoms. The van der Waals surface area contributed by atoms with Crippen LogP contribution in [-0.4, -0.2) is 11.1 Å². The summed E-state index contributed by atoms with van der Waals surface area (Å²) in [4.78, 5) is 11.6. The molecule has 0 heterocycles. The molecule has 2 aromatic carbocycles. The first kappa shape index (κ1) is 17.1. The number of aryl methyl sites for hydroxylation is 1. The molecule has 3 nitrogen and oxygen atoms in total. The summed E-state index contributed by atoms with van der Waals surface area (Å²) in [5.74, 6) is -3.03. The molecule has 0 fully saturated rings. The summed E-state index contributed by atoms with van der Waals surface area (Å²) >= 11 is 13.0. The van der Waals surface area contributed by atoms with Crippen LogP contribution in [0.5, 0.6) is 0 Å². The lowest BCUT2D eigenvalue weighted by atomic mass is 9.96. The predicted molar refractivity (Wildman–Crippen MR) is 101 cm³/mol. The molecule has 24 heavy (non-hydrogen) atoms. The van der Waals surface area contributed by atoms with E-state index in [1.807, 2.05) is 33.8 Å². The first-order valence-electron chi connectivity index (χ1n) is 8.05. The second-order valence-electron chi connectivity index (χ2n) is 5.93. The van der Waals surface area contributed by atoms with Crippen molar-refractivity contribution in [2.24, 2.45) is 0 Å². The molecule has 0 aliphatic carbocycles. The van der Waals surface area contributed by atoms with Gasteiger partial charge in [0.15, 0.2) is 0 Å². The van der Waals surface area contributed by atoms with Gasteiger partial charge in [-0.3, -0.25) is 4.79 Å². The van der Waals surface area contributed by atoms with Gasteiger partial charge in [-0.15, -0.1) is 0 Å². The molecule has 0 aliphatic rings. The lowest BCUT2D eigenvalue weighted by Crippen LogP contribution is -2.11. The van der Waals surface area contributed by atoms with E-state index < -0.39 is 11.9 Å². The summed E-state index contributed by atoms with van der Waals surface area (Å²) in [5, 5.41) is 13.6. The number of carboxylic acids is 1. The molecule has 1 atom stereocenters. The molecule has 0 bridgehead atoms. The molecule has 2 N–H and O–H groups in total. The quantitative estimate of drug-likeness (QED) is 0.680. The van der Waals surface area contributed by atoms with Crippen molar-refractivity contribution in [3.63, 3.8) is 0 Å². The second kappa shape index (κ2) is 7.04. The molecular formula is C19H21Cl2NO2. The topological polar surface area (TPSA) is 49.3 Å². The third-order valence-electron chi connectivity index (χ3n) is 4.47. The van der Waals surface area contributed by atoms with Gasteiger partial charge in [-0.05, 0) is 62.4 Å². The summed E-state index contributed by atoms with van der Waals surface area (Å²) in [7, 11) is 0. The third kappa shape index (κ3) is 3.24. The Morgan fingerprint density at radius 1 is 1.08 bits per heavy atom. The maximum absolute atomic E-state index is 11.6. The fourth-order valence-corrected chi connectivity index (χ4v) is 3.19. The van der Waals surface area contributed by atoms with E-state index in [-0.39, 0.29) is 0 Å².